The van der Waals surface area contributed by atoms with Crippen molar-refractivity contribution in [2.75, 3.05) is 18.1 Å². The van der Waals surface area contributed by atoms with Gasteiger partial charge in [-0.25, -0.2) is 4.98 Å². The van der Waals surface area contributed by atoms with Crippen LogP contribution in [0.2, 0.25) is 0 Å². The van der Waals surface area contributed by atoms with Gasteiger partial charge in [0.25, 0.3) is 5.82 Å². The zero-order valence-electron chi connectivity index (χ0n) is 13.9. The lowest BCUT2D eigenvalue weighted by atomic mass is 10.0. The molecule has 0 atom stereocenters. The van der Waals surface area contributed by atoms with Crippen LogP contribution in [0.15, 0.2) is 22.5 Å². The SMILES string of the molecule is CCOC(=O)CC(=O)CSc1[nH+]c(N)c(C#N)c(-c2cccs2)c1C#N. The van der Waals surface area contributed by atoms with Gasteiger partial charge in [0.1, 0.15) is 24.1 Å². The molecular formula is C17H15N4O3S2+. The van der Waals surface area contributed by atoms with Gasteiger partial charge in [-0.15, -0.1) is 11.3 Å². The highest BCUT2D eigenvalue weighted by molar-refractivity contribution is 7.99. The van der Waals surface area contributed by atoms with E-state index < -0.39 is 5.97 Å². The summed E-state index contributed by atoms with van der Waals surface area (Å²) >= 11 is 2.45. The van der Waals surface area contributed by atoms with Crippen molar-refractivity contribution >= 4 is 40.7 Å². The van der Waals surface area contributed by atoms with Gasteiger partial charge in [-0.1, -0.05) is 17.8 Å². The summed E-state index contributed by atoms with van der Waals surface area (Å²) in [5.41, 5.74) is 6.81. The van der Waals surface area contributed by atoms with Gasteiger partial charge in [0.05, 0.1) is 12.4 Å². The largest absolute Gasteiger partial charge is 0.466 e. The summed E-state index contributed by atoms with van der Waals surface area (Å²) in [7, 11) is 0. The third-order valence-corrected chi connectivity index (χ3v) is 5.21. The Bertz CT molecular complexity index is 912. The number of aromatic amines is 1. The van der Waals surface area contributed by atoms with Gasteiger partial charge < -0.3 is 4.74 Å². The first-order chi connectivity index (χ1) is 12.5. The number of hydrogen-bond donors (Lipinski definition) is 1. The van der Waals surface area contributed by atoms with Crippen LogP contribution in [0.25, 0.3) is 10.4 Å². The summed E-state index contributed by atoms with van der Waals surface area (Å²) in [6.45, 7) is 1.87. The number of anilines is 1. The average Bonchev–Trinajstić information content (AvgIpc) is 3.13. The zero-order chi connectivity index (χ0) is 19.1. The van der Waals surface area contributed by atoms with Gasteiger partial charge in [-0.2, -0.15) is 10.5 Å². The highest BCUT2D eigenvalue weighted by Gasteiger charge is 2.25. The van der Waals surface area contributed by atoms with Crippen LogP contribution in [0.5, 0.6) is 0 Å². The Hall–Kier alpha value is -2.88. The number of ether oxygens (including phenoxy) is 1. The molecule has 0 aliphatic rings. The number of aromatic nitrogens is 1. The number of H-pyrrole nitrogens is 1. The van der Waals surface area contributed by atoms with Crippen molar-refractivity contribution in [3.8, 4) is 22.6 Å². The van der Waals surface area contributed by atoms with E-state index in [4.69, 9.17) is 10.5 Å². The number of nitrogens with two attached hydrogens (primary N) is 1. The maximum atomic E-state index is 11.9. The second kappa shape index (κ2) is 8.99. The molecule has 2 aromatic rings. The van der Waals surface area contributed by atoms with Crippen LogP contribution in [0.1, 0.15) is 24.5 Å². The molecule has 0 spiro atoms. The van der Waals surface area contributed by atoms with E-state index in [0.29, 0.717) is 10.6 Å². The molecule has 0 amide bonds. The van der Waals surface area contributed by atoms with Crippen LogP contribution in [0.3, 0.4) is 0 Å². The summed E-state index contributed by atoms with van der Waals surface area (Å²) in [5.74, 6) is -0.818. The maximum Gasteiger partial charge on any atom is 0.313 e. The smallest absolute Gasteiger partial charge is 0.313 e. The molecule has 2 heterocycles. The van der Waals surface area contributed by atoms with Crippen LogP contribution >= 0.6 is 23.1 Å². The average molecular weight is 387 g/mol. The van der Waals surface area contributed by atoms with Crippen molar-refractivity contribution in [2.45, 2.75) is 18.4 Å². The standard InChI is InChI=1S/C17H14N4O3S2/c1-2-24-14(23)6-10(22)9-26-17-12(8-19)15(13-4-3-5-25-13)11(7-18)16(20)21-17/h3-5H,2,6,9H2,1H3,(H2,20,21)/p+1. The predicted molar refractivity (Wildman–Crippen MR) is 97.1 cm³/mol. The van der Waals surface area contributed by atoms with Crippen LogP contribution in [-0.2, 0) is 14.3 Å². The molecule has 0 bridgehead atoms. The molecule has 0 unspecified atom stereocenters. The highest BCUT2D eigenvalue weighted by atomic mass is 32.2. The van der Waals surface area contributed by atoms with Gasteiger partial charge in [0.15, 0.2) is 16.4 Å². The molecule has 0 aliphatic heterocycles. The molecule has 0 saturated carbocycles. The number of esters is 1. The van der Waals surface area contributed by atoms with E-state index in [1.54, 1.807) is 13.0 Å². The molecule has 3 N–H and O–H groups in total. The topological polar surface area (TPSA) is 131 Å². The van der Waals surface area contributed by atoms with Crippen LogP contribution in [0.4, 0.5) is 5.82 Å². The number of carbonyl (C=O) groups excluding carboxylic acids is 2. The summed E-state index contributed by atoms with van der Waals surface area (Å²) < 4.78 is 4.74. The molecule has 0 aliphatic carbocycles. The van der Waals surface area contributed by atoms with Gasteiger partial charge >= 0.3 is 5.97 Å². The molecule has 9 heteroatoms. The summed E-state index contributed by atoms with van der Waals surface area (Å²) in [6, 6.07) is 7.71. The number of thioether (sulfide) groups is 1. The fourth-order valence-corrected chi connectivity index (χ4v) is 3.86. The minimum absolute atomic E-state index is 0.0286. The molecular weight excluding hydrogens is 372 g/mol. The highest BCUT2D eigenvalue weighted by Crippen LogP contribution is 2.35. The number of pyridine rings is 1. The number of rotatable bonds is 7. The molecule has 0 aromatic carbocycles. The maximum absolute atomic E-state index is 11.9. The fourth-order valence-electron chi connectivity index (χ4n) is 2.20. The molecule has 26 heavy (non-hydrogen) atoms. The Morgan fingerprint density at radius 1 is 1.35 bits per heavy atom. The third-order valence-electron chi connectivity index (χ3n) is 3.26. The zero-order valence-corrected chi connectivity index (χ0v) is 15.5. The number of nitrogens with zero attached hydrogens (tertiary/aromatic N) is 2. The number of ketones is 1. The Morgan fingerprint density at radius 3 is 2.65 bits per heavy atom. The number of nitrogens with one attached hydrogen (secondary N) is 1. The number of Topliss-reactive ketones (excluding diaryl/α,β-unsaturated/α-hetero) is 1. The quantitative estimate of drug-likeness (QED) is 0.437. The van der Waals surface area contributed by atoms with Gasteiger partial charge in [-0.3, -0.25) is 15.3 Å². The minimum atomic E-state index is -0.582. The first-order valence-corrected chi connectivity index (χ1v) is 9.41. The van der Waals surface area contributed by atoms with Crippen molar-refractivity contribution < 1.29 is 19.3 Å². The number of nitriles is 2. The molecule has 0 saturated heterocycles. The Morgan fingerprint density at radius 2 is 2.08 bits per heavy atom. The first kappa shape index (κ1) is 19.4. The lowest BCUT2D eigenvalue weighted by molar-refractivity contribution is -0.410. The summed E-state index contributed by atoms with van der Waals surface area (Å²) in [6.07, 6.45) is -0.327. The molecule has 2 rings (SSSR count). The monoisotopic (exact) mass is 387 g/mol. The number of carbonyl (C=O) groups is 2. The van der Waals surface area contributed by atoms with Crippen LogP contribution in [0, 0.1) is 22.7 Å². The van der Waals surface area contributed by atoms with Crippen molar-refractivity contribution in [3.63, 3.8) is 0 Å². The van der Waals surface area contributed by atoms with Crippen molar-refractivity contribution in [2.24, 2.45) is 0 Å². The molecule has 0 radical (unpaired) electrons. The second-order valence-corrected chi connectivity index (χ2v) is 6.94. The lowest BCUT2D eigenvalue weighted by Crippen LogP contribution is -2.20. The van der Waals surface area contributed by atoms with Crippen LogP contribution < -0.4 is 10.7 Å². The van der Waals surface area contributed by atoms with E-state index >= 15 is 0 Å². The second-order valence-electron chi connectivity index (χ2n) is 5.00. The molecule has 132 valence electrons. The van der Waals surface area contributed by atoms with E-state index in [1.165, 1.54) is 11.3 Å². The van der Waals surface area contributed by atoms with Crippen LogP contribution in [-0.4, -0.2) is 24.1 Å². The van der Waals surface area contributed by atoms with Crippen molar-refractivity contribution in [1.29, 1.82) is 10.5 Å². The van der Waals surface area contributed by atoms with E-state index in [-0.39, 0.29) is 41.5 Å². The third kappa shape index (κ3) is 4.39. The van der Waals surface area contributed by atoms with Gasteiger partial charge in [-0.05, 0) is 18.4 Å². The minimum Gasteiger partial charge on any atom is -0.466 e. The van der Waals surface area contributed by atoms with Crippen molar-refractivity contribution in [3.05, 3.63) is 28.6 Å². The molecule has 7 nitrogen and oxygen atoms in total. The molecule has 2 aromatic heterocycles. The predicted octanol–water partition coefficient (Wildman–Crippen LogP) is 2.17. The van der Waals surface area contributed by atoms with Crippen molar-refractivity contribution in [1.82, 2.24) is 0 Å². The summed E-state index contributed by atoms with van der Waals surface area (Å²) in [5, 5.41) is 21.2. The van der Waals surface area contributed by atoms with Gasteiger partial charge in [0, 0.05) is 10.4 Å². The molecule has 0 fully saturated rings. The Balaban J connectivity index is 2.33. The fraction of sp³-hybridized carbons (Fsp3) is 0.235. The number of thiophene rings is 1. The van der Waals surface area contributed by atoms with Gasteiger partial charge in [0.2, 0.25) is 0 Å². The van der Waals surface area contributed by atoms with E-state index in [1.807, 2.05) is 17.5 Å². The number of nitrogen functional groups attached to an aromatic ring is 1. The summed E-state index contributed by atoms with van der Waals surface area (Å²) in [4.78, 5) is 26.8. The normalized spacial score (nSPS) is 9.96. The number of hydrogen-bond acceptors (Lipinski definition) is 8. The van der Waals surface area contributed by atoms with E-state index in [0.717, 1.165) is 16.6 Å². The lowest BCUT2D eigenvalue weighted by Gasteiger charge is -2.08. The Kier molecular flexibility index (Phi) is 6.73. The van der Waals surface area contributed by atoms with E-state index in [2.05, 4.69) is 11.1 Å². The Labute approximate surface area is 158 Å². The first-order valence-electron chi connectivity index (χ1n) is 7.54. The van der Waals surface area contributed by atoms with E-state index in [9.17, 15) is 20.1 Å².